The van der Waals surface area contributed by atoms with Gasteiger partial charge in [-0.3, -0.25) is 9.59 Å². The molecule has 0 aliphatic carbocycles. The molecular weight excluding hydrogens is 422 g/mol. The summed E-state index contributed by atoms with van der Waals surface area (Å²) in [5, 5.41) is 9.26. The van der Waals surface area contributed by atoms with Crippen LogP contribution in [0.5, 0.6) is 11.5 Å². The van der Waals surface area contributed by atoms with Crippen molar-refractivity contribution in [1.29, 1.82) is 5.26 Å². The van der Waals surface area contributed by atoms with Crippen molar-refractivity contribution < 1.29 is 19.1 Å². The highest BCUT2D eigenvalue weighted by atomic mass is 33.1. The van der Waals surface area contributed by atoms with Crippen LogP contribution in [-0.4, -0.2) is 44.7 Å². The van der Waals surface area contributed by atoms with Crippen molar-refractivity contribution in [3.63, 3.8) is 0 Å². The molecule has 5 rings (SSSR count). The summed E-state index contributed by atoms with van der Waals surface area (Å²) in [4.78, 5) is 28.7. The summed E-state index contributed by atoms with van der Waals surface area (Å²) < 4.78 is 10.9. The molecule has 1 unspecified atom stereocenters. The predicted molar refractivity (Wildman–Crippen MR) is 116 cm³/mol. The fourth-order valence-electron chi connectivity index (χ4n) is 4.28. The van der Waals surface area contributed by atoms with Gasteiger partial charge in [0.25, 0.3) is 11.8 Å². The summed E-state index contributed by atoms with van der Waals surface area (Å²) in [5.74, 6) is 1.06. The lowest BCUT2D eigenvalue weighted by atomic mass is 9.93. The summed E-state index contributed by atoms with van der Waals surface area (Å²) in [6.07, 6.45) is 2.71. The number of nitriles is 1. The fraction of sp³-hybridized carbons (Fsp3) is 0.476. The van der Waals surface area contributed by atoms with Crippen LogP contribution in [0, 0.1) is 11.3 Å². The van der Waals surface area contributed by atoms with E-state index in [1.54, 1.807) is 22.8 Å². The van der Waals surface area contributed by atoms with Crippen LogP contribution in [0.25, 0.3) is 0 Å². The van der Waals surface area contributed by atoms with Crippen molar-refractivity contribution in [1.82, 2.24) is 9.80 Å². The Bertz CT molecular complexity index is 949. The highest BCUT2D eigenvalue weighted by molar-refractivity contribution is 8.78. The maximum Gasteiger partial charge on any atom is 0.261 e. The van der Waals surface area contributed by atoms with Gasteiger partial charge in [0.2, 0.25) is 6.79 Å². The molecule has 0 saturated carbocycles. The van der Waals surface area contributed by atoms with Crippen LogP contribution >= 0.6 is 21.6 Å². The molecule has 4 aliphatic rings. The molecule has 3 fully saturated rings. The highest BCUT2D eigenvalue weighted by Crippen LogP contribution is 2.62. The molecule has 0 aromatic heterocycles. The molecule has 2 bridgehead atoms. The molecule has 2 amide bonds. The minimum atomic E-state index is -1.13. The van der Waals surface area contributed by atoms with Crippen molar-refractivity contribution in [2.24, 2.45) is 0 Å². The molecule has 1 aromatic rings. The van der Waals surface area contributed by atoms with E-state index < -0.39 is 9.74 Å². The van der Waals surface area contributed by atoms with E-state index in [4.69, 9.17) is 9.47 Å². The van der Waals surface area contributed by atoms with Gasteiger partial charge in [-0.15, -0.1) is 6.58 Å². The Morgan fingerprint density at radius 1 is 1.30 bits per heavy atom. The maximum atomic E-state index is 13.8. The number of rotatable bonds is 7. The van der Waals surface area contributed by atoms with Crippen molar-refractivity contribution >= 4 is 33.4 Å². The Morgan fingerprint density at radius 2 is 2.07 bits per heavy atom. The third-order valence-electron chi connectivity index (χ3n) is 5.81. The molecule has 7 nitrogen and oxygen atoms in total. The van der Waals surface area contributed by atoms with Crippen molar-refractivity contribution in [3.05, 3.63) is 36.4 Å². The predicted octanol–water partition coefficient (Wildman–Crippen LogP) is 3.83. The molecule has 0 N–H and O–H groups in total. The Hall–Kier alpha value is -2.31. The minimum Gasteiger partial charge on any atom is -0.454 e. The third-order valence-corrected chi connectivity index (χ3v) is 9.51. The van der Waals surface area contributed by atoms with E-state index in [0.717, 1.165) is 5.56 Å². The molecule has 30 heavy (non-hydrogen) atoms. The first-order valence-electron chi connectivity index (χ1n) is 9.83. The van der Waals surface area contributed by atoms with E-state index in [2.05, 4.69) is 12.6 Å². The first-order valence-corrected chi connectivity index (χ1v) is 12.0. The third kappa shape index (κ3) is 2.88. The Labute approximate surface area is 183 Å². The van der Waals surface area contributed by atoms with Gasteiger partial charge in [-0.05, 0) is 31.0 Å². The van der Waals surface area contributed by atoms with Crippen LogP contribution < -0.4 is 9.47 Å². The van der Waals surface area contributed by atoms with E-state index in [9.17, 15) is 14.9 Å². The smallest absolute Gasteiger partial charge is 0.261 e. The van der Waals surface area contributed by atoms with Crippen LogP contribution in [0.3, 0.4) is 0 Å². The lowest BCUT2D eigenvalue weighted by Gasteiger charge is -2.61. The average molecular weight is 446 g/mol. The SMILES string of the molecule is C=CCN1C(=O)C2(CCC#N)SS[C@]1(C)C(=O)N2[C@H](CC)c1ccc2c(c1)OCO2. The number of carbonyl (C=O) groups is 2. The minimum absolute atomic E-state index is 0.116. The van der Waals surface area contributed by atoms with Gasteiger partial charge in [0.05, 0.1) is 12.1 Å². The molecule has 3 saturated heterocycles. The summed E-state index contributed by atoms with van der Waals surface area (Å²) >= 11 is 0. The second-order valence-corrected chi connectivity index (χ2v) is 10.3. The zero-order valence-electron chi connectivity index (χ0n) is 16.9. The van der Waals surface area contributed by atoms with Gasteiger partial charge in [0.1, 0.15) is 0 Å². The van der Waals surface area contributed by atoms with Gasteiger partial charge >= 0.3 is 0 Å². The quantitative estimate of drug-likeness (QED) is 0.466. The lowest BCUT2D eigenvalue weighted by molar-refractivity contribution is -0.169. The monoisotopic (exact) mass is 445 g/mol. The first kappa shape index (κ1) is 20.9. The van der Waals surface area contributed by atoms with Crippen LogP contribution in [0.15, 0.2) is 30.9 Å². The summed E-state index contributed by atoms with van der Waals surface area (Å²) in [7, 11) is 2.80. The zero-order chi connectivity index (χ0) is 21.5. The Balaban J connectivity index is 1.82. The maximum absolute atomic E-state index is 13.8. The van der Waals surface area contributed by atoms with E-state index in [1.165, 1.54) is 21.6 Å². The van der Waals surface area contributed by atoms with E-state index in [0.29, 0.717) is 17.9 Å². The number of ether oxygens (including phenoxy) is 2. The number of benzene rings is 1. The van der Waals surface area contributed by atoms with Gasteiger partial charge in [-0.2, -0.15) is 5.26 Å². The molecule has 4 aliphatic heterocycles. The van der Waals surface area contributed by atoms with Gasteiger partial charge in [0, 0.05) is 19.4 Å². The van der Waals surface area contributed by atoms with Crippen molar-refractivity contribution in [3.8, 4) is 17.6 Å². The second kappa shape index (κ2) is 7.75. The molecule has 9 heteroatoms. The zero-order valence-corrected chi connectivity index (χ0v) is 18.6. The highest BCUT2D eigenvalue weighted by Gasteiger charge is 2.68. The molecule has 0 spiro atoms. The fourth-order valence-corrected chi connectivity index (χ4v) is 7.74. The molecule has 4 heterocycles. The average Bonchev–Trinajstić information content (AvgIpc) is 3.22. The van der Waals surface area contributed by atoms with E-state index in [-0.39, 0.29) is 44.0 Å². The summed E-state index contributed by atoms with van der Waals surface area (Å²) in [6.45, 7) is 8.00. The molecule has 3 atom stereocenters. The second-order valence-electron chi connectivity index (χ2n) is 7.51. The van der Waals surface area contributed by atoms with E-state index in [1.807, 2.05) is 25.1 Å². The Morgan fingerprint density at radius 3 is 2.77 bits per heavy atom. The molecule has 0 radical (unpaired) electrons. The first-order chi connectivity index (χ1) is 14.4. The summed E-state index contributed by atoms with van der Waals surface area (Å²) in [5.41, 5.74) is 0.885. The number of carbonyl (C=O) groups excluding carboxylic acids is 2. The van der Waals surface area contributed by atoms with Crippen LogP contribution in [0.2, 0.25) is 0 Å². The van der Waals surface area contributed by atoms with Crippen LogP contribution in [0.1, 0.15) is 44.7 Å². The van der Waals surface area contributed by atoms with Gasteiger partial charge in [-0.25, -0.2) is 0 Å². The van der Waals surface area contributed by atoms with Crippen LogP contribution in [-0.2, 0) is 9.59 Å². The van der Waals surface area contributed by atoms with Gasteiger partial charge in [-0.1, -0.05) is 40.7 Å². The van der Waals surface area contributed by atoms with Gasteiger partial charge in [0.15, 0.2) is 21.2 Å². The largest absolute Gasteiger partial charge is 0.454 e. The summed E-state index contributed by atoms with van der Waals surface area (Å²) in [6, 6.07) is 7.46. The standard InChI is InChI=1S/C21H23N3O4S2/c1-4-11-23-19(26)21(9-6-10-22)24(18(25)20(23,3)29-30-21)15(5-2)14-7-8-16-17(12-14)28-13-27-16/h4,7-8,12,15H,1,5-6,9,11,13H2,2-3H3/t15-,20-,21?/m1/s1. The van der Waals surface area contributed by atoms with Crippen LogP contribution in [0.4, 0.5) is 0 Å². The van der Waals surface area contributed by atoms with Crippen molar-refractivity contribution in [2.45, 2.75) is 48.9 Å². The Kier molecular flexibility index (Phi) is 5.41. The normalized spacial score (nSPS) is 27.9. The number of amides is 2. The number of piperazine rings is 1. The number of fused-ring (bicyclic) bond motifs is 4. The van der Waals surface area contributed by atoms with Gasteiger partial charge < -0.3 is 19.3 Å². The molecular formula is C21H23N3O4S2. The number of nitrogens with zero attached hydrogens (tertiary/aromatic N) is 3. The molecule has 158 valence electrons. The number of hydrogen-bond acceptors (Lipinski definition) is 7. The lowest BCUT2D eigenvalue weighted by Crippen LogP contribution is -2.76. The molecule has 1 aromatic carbocycles. The van der Waals surface area contributed by atoms with E-state index >= 15 is 0 Å². The number of hydrogen-bond donors (Lipinski definition) is 0. The topological polar surface area (TPSA) is 82.9 Å². The van der Waals surface area contributed by atoms with Crippen molar-refractivity contribution in [2.75, 3.05) is 13.3 Å².